The third-order valence-electron chi connectivity index (χ3n) is 12.0. The molecule has 6 atom stereocenters. The number of hydrogen-bond donors (Lipinski definition) is 2. The Hall–Kier alpha value is -5.74. The molecule has 4 aliphatic rings. The molecule has 61 heavy (non-hydrogen) atoms. The number of ether oxygens (including phenoxy) is 2. The topological polar surface area (TPSA) is 125 Å². The van der Waals surface area contributed by atoms with E-state index in [0.29, 0.717) is 39.5 Å². The number of phenolic OH excluding ortho intramolecular Hbond substituents is 1. The van der Waals surface area contributed by atoms with Gasteiger partial charge in [-0.25, -0.2) is 4.90 Å². The van der Waals surface area contributed by atoms with Gasteiger partial charge in [-0.1, -0.05) is 53.1 Å². The molecule has 8 rings (SSSR count). The van der Waals surface area contributed by atoms with Crippen molar-refractivity contribution in [2.45, 2.75) is 43.5 Å². The number of fused-ring (bicyclic) bond motifs is 4. The predicted molar refractivity (Wildman–Crippen MR) is 209 cm³/mol. The van der Waals surface area contributed by atoms with Crippen molar-refractivity contribution in [1.82, 2.24) is 5.01 Å². The molecule has 0 bridgehead atoms. The minimum Gasteiger partial charge on any atom is -0.504 e. The van der Waals surface area contributed by atoms with Crippen LogP contribution in [0.15, 0.2) is 90.5 Å². The Labute approximate surface area is 353 Å². The molecule has 0 radical (unpaired) electrons. The number of anilines is 2. The zero-order valence-electron chi connectivity index (χ0n) is 31.9. The van der Waals surface area contributed by atoms with E-state index in [9.17, 15) is 45.8 Å². The summed E-state index contributed by atoms with van der Waals surface area (Å²) in [6.07, 6.45) is -9.33. The maximum Gasteiger partial charge on any atom is 0.416 e. The quantitative estimate of drug-likeness (QED) is 0.102. The molecule has 2 aliphatic carbocycles. The molecule has 0 unspecified atom stereocenters. The minimum absolute atomic E-state index is 0.0286. The van der Waals surface area contributed by atoms with Crippen LogP contribution in [0.4, 0.5) is 37.7 Å². The Balaban J connectivity index is 1.33. The molecule has 2 saturated heterocycles. The van der Waals surface area contributed by atoms with Gasteiger partial charge in [0.2, 0.25) is 11.8 Å². The maximum absolute atomic E-state index is 15.5. The van der Waals surface area contributed by atoms with Gasteiger partial charge in [0.1, 0.15) is 5.75 Å². The number of carbonyl (C=O) groups is 4. The summed E-state index contributed by atoms with van der Waals surface area (Å²) in [7, 11) is 1.44. The molecule has 4 amide bonds. The summed E-state index contributed by atoms with van der Waals surface area (Å²) in [4.78, 5) is 59.6. The van der Waals surface area contributed by atoms with Gasteiger partial charge in [-0.3, -0.25) is 24.6 Å². The normalized spacial score (nSPS) is 25.0. The van der Waals surface area contributed by atoms with E-state index >= 15 is 4.79 Å². The van der Waals surface area contributed by atoms with Gasteiger partial charge < -0.3 is 14.6 Å². The monoisotopic (exact) mass is 887 g/mol. The van der Waals surface area contributed by atoms with Crippen molar-refractivity contribution in [1.29, 1.82) is 0 Å². The third-order valence-corrected chi connectivity index (χ3v) is 12.6. The molecule has 2 heterocycles. The standard InChI is InChI=1S/C43H33Cl2F6N3O7/c1-3-61-34-14-20(4-13-33(34)55)36-27-10-11-28-35(39(58)53(37(28)56)25-16-22(42(46,47)48)15-23(17-25)43(49,50)51)29(27)19-30-38(57)54(52-32-12-7-24(44)18-31(32)45)40(59)41(30,36)21-5-8-26(60-2)9-6-21/h4-10,12-18,28-30,35-36,52,55H,3,11,19H2,1-2H3/t28-,29+,30-,35-,36-,41+/m0/s1. The molecule has 2 N–H and O–H groups in total. The highest BCUT2D eigenvalue weighted by Crippen LogP contribution is 2.65. The van der Waals surface area contributed by atoms with Crippen LogP contribution in [0.3, 0.4) is 0 Å². The number of nitrogens with one attached hydrogen (secondary N) is 1. The van der Waals surface area contributed by atoms with Crippen molar-refractivity contribution >= 4 is 58.2 Å². The van der Waals surface area contributed by atoms with Crippen LogP contribution in [-0.4, -0.2) is 47.5 Å². The van der Waals surface area contributed by atoms with E-state index in [1.807, 2.05) is 0 Å². The largest absolute Gasteiger partial charge is 0.504 e. The van der Waals surface area contributed by atoms with E-state index in [1.165, 1.54) is 43.5 Å². The summed E-state index contributed by atoms with van der Waals surface area (Å²) in [5.41, 5.74) is -2.05. The third kappa shape index (κ3) is 6.74. The second-order valence-corrected chi connectivity index (χ2v) is 16.0. The fourth-order valence-corrected chi connectivity index (χ4v) is 9.97. The number of allylic oxidation sites excluding steroid dienone is 2. The van der Waals surface area contributed by atoms with Gasteiger partial charge in [0.05, 0.1) is 64.4 Å². The fraction of sp³-hybridized carbons (Fsp3) is 0.302. The molecule has 4 aromatic rings. The van der Waals surface area contributed by atoms with E-state index in [0.717, 1.165) is 5.01 Å². The molecule has 318 valence electrons. The molecule has 2 aliphatic heterocycles. The minimum atomic E-state index is -5.26. The number of rotatable bonds is 8. The van der Waals surface area contributed by atoms with E-state index in [4.69, 9.17) is 32.7 Å². The highest BCUT2D eigenvalue weighted by molar-refractivity contribution is 6.36. The van der Waals surface area contributed by atoms with Crippen LogP contribution in [0.25, 0.3) is 0 Å². The summed E-state index contributed by atoms with van der Waals surface area (Å²) in [5.74, 6) is -9.49. The number of alkyl halides is 6. The zero-order chi connectivity index (χ0) is 43.9. The SMILES string of the molecule is CCOc1cc([C@H]2C3=CC[C@@H]4C(=O)N(c5cc(C(F)(F)F)cc(C(F)(F)F)c5)C(=O)[C@@H]4[C@@H]3C[C@H]3C(=O)N(Nc4ccc(Cl)cc4Cl)C(=O)[C@@]23c2ccc(OC)cc2)ccc1O. The molecule has 3 fully saturated rings. The Bertz CT molecular complexity index is 2500. The summed E-state index contributed by atoms with van der Waals surface area (Å²) < 4.78 is 95.0. The number of nitrogens with zero attached hydrogens (tertiary/aromatic N) is 2. The Kier molecular flexibility index (Phi) is 10.3. The first kappa shape index (κ1) is 42.0. The summed E-state index contributed by atoms with van der Waals surface area (Å²) in [6.45, 7) is 1.81. The van der Waals surface area contributed by atoms with Crippen molar-refractivity contribution in [2.75, 3.05) is 24.0 Å². The van der Waals surface area contributed by atoms with Gasteiger partial charge in [-0.05, 0) is 97.5 Å². The van der Waals surface area contributed by atoms with Gasteiger partial charge in [0.25, 0.3) is 11.8 Å². The second-order valence-electron chi connectivity index (χ2n) is 15.1. The number of aromatic hydroxyl groups is 1. The molecule has 18 heteroatoms. The number of benzene rings is 4. The average Bonchev–Trinajstić information content (AvgIpc) is 3.59. The van der Waals surface area contributed by atoms with Crippen LogP contribution in [0.1, 0.15) is 47.9 Å². The van der Waals surface area contributed by atoms with E-state index in [2.05, 4.69) is 5.43 Å². The lowest BCUT2D eigenvalue weighted by Gasteiger charge is -2.50. The molecule has 1 saturated carbocycles. The molecule has 0 aromatic heterocycles. The van der Waals surface area contributed by atoms with E-state index in [1.54, 1.807) is 37.3 Å². The number of hydrogen-bond acceptors (Lipinski definition) is 8. The van der Waals surface area contributed by atoms with Crippen molar-refractivity contribution in [3.63, 3.8) is 0 Å². The van der Waals surface area contributed by atoms with Crippen molar-refractivity contribution < 1.29 is 60.1 Å². The number of amides is 4. The smallest absolute Gasteiger partial charge is 0.416 e. The lowest BCUT2D eigenvalue weighted by molar-refractivity contribution is -0.143. The number of phenols is 1. The lowest BCUT2D eigenvalue weighted by Crippen LogP contribution is -2.53. The highest BCUT2D eigenvalue weighted by Gasteiger charge is 2.70. The van der Waals surface area contributed by atoms with Crippen LogP contribution in [0.2, 0.25) is 10.0 Å². The summed E-state index contributed by atoms with van der Waals surface area (Å²) >= 11 is 12.6. The second kappa shape index (κ2) is 15.0. The van der Waals surface area contributed by atoms with Crippen LogP contribution < -0.4 is 19.8 Å². The van der Waals surface area contributed by atoms with Gasteiger partial charge in [0, 0.05) is 10.9 Å². The first-order valence-electron chi connectivity index (χ1n) is 18.9. The van der Waals surface area contributed by atoms with Crippen LogP contribution >= 0.6 is 23.2 Å². The molecular formula is C43H33Cl2F6N3O7. The average molecular weight is 889 g/mol. The van der Waals surface area contributed by atoms with Crippen LogP contribution in [-0.2, 0) is 36.9 Å². The number of hydrazine groups is 1. The van der Waals surface area contributed by atoms with Crippen molar-refractivity contribution in [2.24, 2.45) is 23.7 Å². The van der Waals surface area contributed by atoms with E-state index in [-0.39, 0.29) is 52.7 Å². The Morgan fingerprint density at radius 2 is 1.51 bits per heavy atom. The number of halogens is 8. The Morgan fingerprint density at radius 1 is 0.836 bits per heavy atom. The summed E-state index contributed by atoms with van der Waals surface area (Å²) in [6, 6.07) is 15.7. The van der Waals surface area contributed by atoms with Crippen LogP contribution in [0.5, 0.6) is 17.2 Å². The number of carbonyl (C=O) groups excluding carboxylic acids is 4. The van der Waals surface area contributed by atoms with Crippen molar-refractivity contribution in [3.8, 4) is 17.2 Å². The van der Waals surface area contributed by atoms with Gasteiger partial charge >= 0.3 is 12.4 Å². The van der Waals surface area contributed by atoms with Gasteiger partial charge in [0.15, 0.2) is 11.5 Å². The number of imide groups is 2. The number of methoxy groups -OCH3 is 1. The summed E-state index contributed by atoms with van der Waals surface area (Å²) in [5, 5.41) is 11.9. The highest BCUT2D eigenvalue weighted by atomic mass is 35.5. The van der Waals surface area contributed by atoms with Gasteiger partial charge in [-0.2, -0.15) is 31.4 Å². The fourth-order valence-electron chi connectivity index (χ4n) is 9.52. The molecule has 10 nitrogen and oxygen atoms in total. The maximum atomic E-state index is 15.5. The zero-order valence-corrected chi connectivity index (χ0v) is 33.4. The molecule has 0 spiro atoms. The van der Waals surface area contributed by atoms with E-state index < -0.39 is 87.8 Å². The lowest BCUT2D eigenvalue weighted by atomic mass is 9.49. The first-order chi connectivity index (χ1) is 28.8. The molecule has 4 aromatic carbocycles. The van der Waals surface area contributed by atoms with Gasteiger partial charge in [-0.15, -0.1) is 0 Å². The van der Waals surface area contributed by atoms with Crippen LogP contribution in [0, 0.1) is 23.7 Å². The Morgan fingerprint density at radius 3 is 2.11 bits per heavy atom. The first-order valence-corrected chi connectivity index (χ1v) is 19.6. The molecular weight excluding hydrogens is 855 g/mol. The predicted octanol–water partition coefficient (Wildman–Crippen LogP) is 9.33. The van der Waals surface area contributed by atoms with Crippen molar-refractivity contribution in [3.05, 3.63) is 123 Å².